The van der Waals surface area contributed by atoms with Gasteiger partial charge in [-0.2, -0.15) is 4.31 Å². The van der Waals surface area contributed by atoms with E-state index in [-0.39, 0.29) is 12.1 Å². The van der Waals surface area contributed by atoms with Crippen LogP contribution in [0.15, 0.2) is 29.2 Å². The SMILES string of the molecule is CN(C)C1(CN(C)S(=O)(=O)c2ccccc2CN)CCC1. The number of likely N-dealkylation sites (N-methyl/N-ethyl adjacent to an activating group) is 2. The number of nitrogens with zero attached hydrogens (tertiary/aromatic N) is 2. The van der Waals surface area contributed by atoms with Crippen molar-refractivity contribution < 1.29 is 8.42 Å². The van der Waals surface area contributed by atoms with Crippen LogP contribution in [-0.4, -0.2) is 50.8 Å². The van der Waals surface area contributed by atoms with Gasteiger partial charge in [-0.15, -0.1) is 0 Å². The molecule has 1 aliphatic carbocycles. The minimum Gasteiger partial charge on any atom is -0.326 e. The van der Waals surface area contributed by atoms with Gasteiger partial charge in [0.25, 0.3) is 0 Å². The second-order valence-corrected chi connectivity index (χ2v) is 8.06. The van der Waals surface area contributed by atoms with Crippen LogP contribution in [0.25, 0.3) is 0 Å². The van der Waals surface area contributed by atoms with Crippen molar-refractivity contribution in [1.29, 1.82) is 0 Å². The first-order valence-electron chi connectivity index (χ1n) is 7.25. The van der Waals surface area contributed by atoms with Crippen LogP contribution in [0.4, 0.5) is 0 Å². The number of benzene rings is 1. The standard InChI is InChI=1S/C15H25N3O2S/c1-17(2)15(9-6-10-15)12-18(3)21(19,20)14-8-5-4-7-13(14)11-16/h4-5,7-8H,6,9-12,16H2,1-3H3. The van der Waals surface area contributed by atoms with Gasteiger partial charge in [0, 0.05) is 25.7 Å². The Balaban J connectivity index is 2.27. The number of rotatable bonds is 6. The van der Waals surface area contributed by atoms with Crippen LogP contribution in [-0.2, 0) is 16.6 Å². The van der Waals surface area contributed by atoms with Crippen molar-refractivity contribution in [1.82, 2.24) is 9.21 Å². The molecule has 6 heteroatoms. The van der Waals surface area contributed by atoms with Crippen LogP contribution in [0.2, 0.25) is 0 Å². The summed E-state index contributed by atoms with van der Waals surface area (Å²) in [5, 5.41) is 0. The smallest absolute Gasteiger partial charge is 0.243 e. The highest BCUT2D eigenvalue weighted by Crippen LogP contribution is 2.37. The Morgan fingerprint density at radius 3 is 2.29 bits per heavy atom. The maximum Gasteiger partial charge on any atom is 0.243 e. The molecule has 0 radical (unpaired) electrons. The molecule has 0 aromatic heterocycles. The minimum absolute atomic E-state index is 0.0283. The van der Waals surface area contributed by atoms with Crippen molar-refractivity contribution >= 4 is 10.0 Å². The van der Waals surface area contributed by atoms with E-state index in [1.54, 1.807) is 25.2 Å². The Kier molecular flexibility index (Phi) is 4.72. The molecule has 2 rings (SSSR count). The van der Waals surface area contributed by atoms with Gasteiger partial charge in [-0.1, -0.05) is 18.2 Å². The molecule has 0 unspecified atom stereocenters. The fourth-order valence-corrected chi connectivity index (χ4v) is 4.40. The van der Waals surface area contributed by atoms with Gasteiger partial charge < -0.3 is 10.6 Å². The molecule has 1 fully saturated rings. The van der Waals surface area contributed by atoms with Gasteiger partial charge in [-0.05, 0) is 45.0 Å². The van der Waals surface area contributed by atoms with E-state index in [2.05, 4.69) is 4.90 Å². The Hall–Kier alpha value is -0.950. The molecule has 0 atom stereocenters. The van der Waals surface area contributed by atoms with Crippen molar-refractivity contribution in [3.8, 4) is 0 Å². The number of sulfonamides is 1. The lowest BCUT2D eigenvalue weighted by atomic mass is 9.75. The lowest BCUT2D eigenvalue weighted by molar-refractivity contribution is 0.0455. The fourth-order valence-electron chi connectivity index (χ4n) is 2.92. The largest absolute Gasteiger partial charge is 0.326 e. The lowest BCUT2D eigenvalue weighted by Gasteiger charge is -2.49. The molecule has 1 aromatic carbocycles. The molecular formula is C15H25N3O2S. The summed E-state index contributed by atoms with van der Waals surface area (Å²) in [6.45, 7) is 0.739. The van der Waals surface area contributed by atoms with Gasteiger partial charge in [0.1, 0.15) is 0 Å². The van der Waals surface area contributed by atoms with Crippen molar-refractivity contribution in [2.75, 3.05) is 27.7 Å². The van der Waals surface area contributed by atoms with E-state index in [1.165, 1.54) is 4.31 Å². The molecule has 1 saturated carbocycles. The summed E-state index contributed by atoms with van der Waals surface area (Å²) in [4.78, 5) is 2.47. The molecule has 0 aliphatic heterocycles. The predicted molar refractivity (Wildman–Crippen MR) is 84.4 cm³/mol. The van der Waals surface area contributed by atoms with E-state index in [0.29, 0.717) is 17.0 Å². The molecule has 0 bridgehead atoms. The third kappa shape index (κ3) is 2.99. The van der Waals surface area contributed by atoms with Crippen LogP contribution >= 0.6 is 0 Å². The van der Waals surface area contributed by atoms with E-state index < -0.39 is 10.0 Å². The van der Waals surface area contributed by atoms with Crippen molar-refractivity contribution in [2.24, 2.45) is 5.73 Å². The van der Waals surface area contributed by atoms with Gasteiger partial charge in [0.05, 0.1) is 4.90 Å². The summed E-state index contributed by atoms with van der Waals surface area (Å²) in [6, 6.07) is 6.96. The molecule has 21 heavy (non-hydrogen) atoms. The highest BCUT2D eigenvalue weighted by molar-refractivity contribution is 7.89. The molecule has 0 spiro atoms. The highest BCUT2D eigenvalue weighted by Gasteiger charge is 2.42. The molecular weight excluding hydrogens is 286 g/mol. The summed E-state index contributed by atoms with van der Waals surface area (Å²) in [7, 11) is 2.20. The molecule has 1 aromatic rings. The third-order valence-electron chi connectivity index (χ3n) is 4.63. The summed E-state index contributed by atoms with van der Waals surface area (Å²) in [5.74, 6) is 0. The van der Waals surface area contributed by atoms with E-state index in [0.717, 1.165) is 19.3 Å². The Morgan fingerprint density at radius 1 is 1.19 bits per heavy atom. The van der Waals surface area contributed by atoms with E-state index >= 15 is 0 Å². The Morgan fingerprint density at radius 2 is 1.81 bits per heavy atom. The zero-order chi connectivity index (χ0) is 15.7. The average Bonchev–Trinajstić information content (AvgIpc) is 2.41. The molecule has 1 aliphatic rings. The first kappa shape index (κ1) is 16.4. The van der Waals surface area contributed by atoms with Gasteiger partial charge in [0.2, 0.25) is 10.0 Å². The first-order chi connectivity index (χ1) is 9.83. The van der Waals surface area contributed by atoms with Gasteiger partial charge in [-0.25, -0.2) is 8.42 Å². The maximum absolute atomic E-state index is 12.8. The molecule has 2 N–H and O–H groups in total. The lowest BCUT2D eigenvalue weighted by Crippen LogP contribution is -2.57. The second kappa shape index (κ2) is 6.04. The molecule has 118 valence electrons. The zero-order valence-corrected chi connectivity index (χ0v) is 13.9. The molecule has 0 heterocycles. The van der Waals surface area contributed by atoms with Gasteiger partial charge in [0.15, 0.2) is 0 Å². The number of hydrogen-bond donors (Lipinski definition) is 1. The monoisotopic (exact) mass is 311 g/mol. The van der Waals surface area contributed by atoms with Crippen LogP contribution in [0.3, 0.4) is 0 Å². The van der Waals surface area contributed by atoms with Crippen LogP contribution in [0.1, 0.15) is 24.8 Å². The topological polar surface area (TPSA) is 66.6 Å². The third-order valence-corrected chi connectivity index (χ3v) is 6.53. The Bertz CT molecular complexity index is 595. The summed E-state index contributed by atoms with van der Waals surface area (Å²) < 4.78 is 27.1. The average molecular weight is 311 g/mol. The summed E-state index contributed by atoms with van der Waals surface area (Å²) in [5.41, 5.74) is 6.30. The second-order valence-electron chi connectivity index (χ2n) is 6.05. The van der Waals surface area contributed by atoms with E-state index in [1.807, 2.05) is 20.2 Å². The van der Waals surface area contributed by atoms with Gasteiger partial charge in [-0.3, -0.25) is 0 Å². The van der Waals surface area contributed by atoms with E-state index in [4.69, 9.17) is 5.73 Å². The maximum atomic E-state index is 12.8. The number of hydrogen-bond acceptors (Lipinski definition) is 4. The van der Waals surface area contributed by atoms with Crippen LogP contribution in [0, 0.1) is 0 Å². The summed E-state index contributed by atoms with van der Waals surface area (Å²) >= 11 is 0. The van der Waals surface area contributed by atoms with Crippen LogP contribution < -0.4 is 5.73 Å². The predicted octanol–water partition coefficient (Wildman–Crippen LogP) is 1.25. The molecule has 0 amide bonds. The molecule has 0 saturated heterocycles. The highest BCUT2D eigenvalue weighted by atomic mass is 32.2. The van der Waals surface area contributed by atoms with Crippen molar-refractivity contribution in [3.05, 3.63) is 29.8 Å². The normalized spacial score (nSPS) is 18.0. The fraction of sp³-hybridized carbons (Fsp3) is 0.600. The van der Waals surface area contributed by atoms with Crippen LogP contribution in [0.5, 0.6) is 0 Å². The first-order valence-corrected chi connectivity index (χ1v) is 8.69. The molecule has 5 nitrogen and oxygen atoms in total. The number of nitrogens with two attached hydrogens (primary N) is 1. The van der Waals surface area contributed by atoms with Crippen molar-refractivity contribution in [3.63, 3.8) is 0 Å². The summed E-state index contributed by atoms with van der Waals surface area (Å²) in [6.07, 6.45) is 3.24. The minimum atomic E-state index is -3.50. The van der Waals surface area contributed by atoms with Crippen molar-refractivity contribution in [2.45, 2.75) is 36.2 Å². The zero-order valence-electron chi connectivity index (χ0n) is 13.0. The Labute approximate surface area is 127 Å². The van der Waals surface area contributed by atoms with Gasteiger partial charge >= 0.3 is 0 Å². The van der Waals surface area contributed by atoms with E-state index in [9.17, 15) is 8.42 Å². The quantitative estimate of drug-likeness (QED) is 0.858.